The van der Waals surface area contributed by atoms with Gasteiger partial charge in [-0.25, -0.2) is 15.0 Å². The lowest BCUT2D eigenvalue weighted by Crippen LogP contribution is -2.28. The van der Waals surface area contributed by atoms with Crippen LogP contribution in [0.5, 0.6) is 0 Å². The molecule has 0 unspecified atom stereocenters. The Morgan fingerprint density at radius 1 is 1.14 bits per heavy atom. The largest absolute Gasteiger partial charge is 0.346 e. The Balaban J connectivity index is 1.44. The minimum atomic E-state index is 0.0214. The first-order valence-electron chi connectivity index (χ1n) is 7.83. The average Bonchev–Trinajstić information content (AvgIpc) is 3.11. The number of H-pyrrole nitrogens is 1. The predicted molar refractivity (Wildman–Crippen MR) is 80.6 cm³/mol. The van der Waals surface area contributed by atoms with E-state index < -0.39 is 0 Å². The molecule has 6 nitrogen and oxygen atoms in total. The summed E-state index contributed by atoms with van der Waals surface area (Å²) in [5.41, 5.74) is 1.64. The fourth-order valence-electron chi connectivity index (χ4n) is 2.99. The molecular formula is C16H19N5O. The Bertz CT molecular complexity index is 689. The van der Waals surface area contributed by atoms with E-state index >= 15 is 0 Å². The molecule has 0 spiro atoms. The summed E-state index contributed by atoms with van der Waals surface area (Å²) in [5.74, 6) is 2.69. The molecule has 1 N–H and O–H groups in total. The van der Waals surface area contributed by atoms with Crippen molar-refractivity contribution in [3.63, 3.8) is 0 Å². The molecule has 0 aromatic carbocycles. The number of hydrogen-bond acceptors (Lipinski definition) is 4. The van der Waals surface area contributed by atoms with Crippen LogP contribution in [0.25, 0.3) is 0 Å². The second-order valence-corrected chi connectivity index (χ2v) is 6.29. The quantitative estimate of drug-likeness (QED) is 0.940. The van der Waals surface area contributed by atoms with Crippen molar-refractivity contribution < 1.29 is 4.79 Å². The van der Waals surface area contributed by atoms with Gasteiger partial charge in [0.25, 0.3) is 5.91 Å². The van der Waals surface area contributed by atoms with E-state index in [0.29, 0.717) is 23.9 Å². The normalized spacial score (nSPS) is 21.3. The Kier molecular flexibility index (Phi) is 3.17. The van der Waals surface area contributed by atoms with Crippen LogP contribution in [-0.2, 0) is 0 Å². The van der Waals surface area contributed by atoms with Crippen LogP contribution in [0.2, 0.25) is 0 Å². The molecule has 0 bridgehead atoms. The van der Waals surface area contributed by atoms with E-state index in [2.05, 4.69) is 19.9 Å². The number of imidazole rings is 1. The topological polar surface area (TPSA) is 74.8 Å². The third-order valence-corrected chi connectivity index (χ3v) is 4.45. The van der Waals surface area contributed by atoms with Crippen molar-refractivity contribution in [2.75, 3.05) is 13.1 Å². The molecule has 2 aromatic rings. The van der Waals surface area contributed by atoms with Crippen molar-refractivity contribution in [1.29, 1.82) is 0 Å². The van der Waals surface area contributed by atoms with Crippen molar-refractivity contribution in [2.24, 2.45) is 0 Å². The number of aromatic amines is 1. The van der Waals surface area contributed by atoms with Gasteiger partial charge in [-0.2, -0.15) is 0 Å². The van der Waals surface area contributed by atoms with Crippen LogP contribution in [0, 0.1) is 6.92 Å². The zero-order chi connectivity index (χ0) is 15.1. The number of nitrogens with one attached hydrogen (secondary N) is 1. The average molecular weight is 297 g/mol. The van der Waals surface area contributed by atoms with Crippen LogP contribution >= 0.6 is 0 Å². The van der Waals surface area contributed by atoms with Gasteiger partial charge in [0.2, 0.25) is 0 Å². The Labute approximate surface area is 129 Å². The fraction of sp³-hybridized carbons (Fsp3) is 0.500. The third kappa shape index (κ3) is 2.49. The van der Waals surface area contributed by atoms with Gasteiger partial charge in [-0.15, -0.1) is 0 Å². The Morgan fingerprint density at radius 2 is 1.91 bits per heavy atom. The predicted octanol–water partition coefficient (Wildman–Crippen LogP) is 2.02. The highest BCUT2D eigenvalue weighted by Gasteiger charge is 2.30. The van der Waals surface area contributed by atoms with E-state index in [-0.39, 0.29) is 5.91 Å². The molecule has 2 aromatic heterocycles. The lowest BCUT2D eigenvalue weighted by Gasteiger charge is -2.15. The van der Waals surface area contributed by atoms with Gasteiger partial charge in [0.1, 0.15) is 11.6 Å². The Hall–Kier alpha value is -2.24. The molecule has 2 fully saturated rings. The lowest BCUT2D eigenvalue weighted by molar-refractivity contribution is 0.0789. The zero-order valence-corrected chi connectivity index (χ0v) is 12.6. The molecule has 1 amide bonds. The standard InChI is InChI=1S/C16H19N5O/c1-10-6-17-15(20-10)12-4-5-21(9-12)16(22)13-7-18-14(19-8-13)11-2-3-11/h6-8,11-12H,2-5,9H2,1H3,(H,17,20)/t12-/m1/s1. The summed E-state index contributed by atoms with van der Waals surface area (Å²) in [5, 5.41) is 0. The van der Waals surface area contributed by atoms with Gasteiger partial charge in [0.05, 0.1) is 5.56 Å². The van der Waals surface area contributed by atoms with Gasteiger partial charge in [0.15, 0.2) is 0 Å². The molecule has 2 aliphatic rings. The summed E-state index contributed by atoms with van der Waals surface area (Å²) in [4.78, 5) is 30.7. The van der Waals surface area contributed by atoms with E-state index in [9.17, 15) is 4.79 Å². The van der Waals surface area contributed by atoms with E-state index in [4.69, 9.17) is 0 Å². The molecule has 1 aliphatic heterocycles. The molecule has 0 radical (unpaired) electrons. The summed E-state index contributed by atoms with van der Waals surface area (Å²) in [6, 6.07) is 0. The molecular weight excluding hydrogens is 278 g/mol. The first-order chi connectivity index (χ1) is 10.7. The zero-order valence-electron chi connectivity index (χ0n) is 12.6. The smallest absolute Gasteiger partial charge is 0.257 e. The van der Waals surface area contributed by atoms with Gasteiger partial charge in [0, 0.05) is 49.2 Å². The highest BCUT2D eigenvalue weighted by atomic mass is 16.2. The van der Waals surface area contributed by atoms with Crippen LogP contribution in [0.1, 0.15) is 58.8 Å². The molecule has 114 valence electrons. The number of carbonyl (C=O) groups excluding carboxylic acids is 1. The minimum Gasteiger partial charge on any atom is -0.346 e. The van der Waals surface area contributed by atoms with Crippen LogP contribution in [-0.4, -0.2) is 43.8 Å². The number of nitrogens with zero attached hydrogens (tertiary/aromatic N) is 4. The summed E-state index contributed by atoms with van der Waals surface area (Å²) in [6.45, 7) is 3.46. The number of rotatable bonds is 3. The van der Waals surface area contributed by atoms with Crippen LogP contribution in [0.15, 0.2) is 18.6 Å². The molecule has 1 aliphatic carbocycles. The molecule has 1 atom stereocenters. The number of aromatic nitrogens is 4. The van der Waals surface area contributed by atoms with Crippen molar-refractivity contribution in [1.82, 2.24) is 24.8 Å². The second kappa shape index (κ2) is 5.19. The van der Waals surface area contributed by atoms with Crippen molar-refractivity contribution >= 4 is 5.91 Å². The van der Waals surface area contributed by atoms with E-state index in [0.717, 1.165) is 30.3 Å². The summed E-state index contributed by atoms with van der Waals surface area (Å²) >= 11 is 0. The third-order valence-electron chi connectivity index (χ3n) is 4.45. The molecule has 3 heterocycles. The maximum atomic E-state index is 12.5. The number of carbonyl (C=O) groups is 1. The number of likely N-dealkylation sites (tertiary alicyclic amines) is 1. The van der Waals surface area contributed by atoms with Gasteiger partial charge in [-0.3, -0.25) is 4.79 Å². The summed E-state index contributed by atoms with van der Waals surface area (Å²) in [7, 11) is 0. The Morgan fingerprint density at radius 3 is 2.55 bits per heavy atom. The number of hydrogen-bond donors (Lipinski definition) is 1. The maximum Gasteiger partial charge on any atom is 0.257 e. The second-order valence-electron chi connectivity index (χ2n) is 6.29. The van der Waals surface area contributed by atoms with Gasteiger partial charge < -0.3 is 9.88 Å². The van der Waals surface area contributed by atoms with Crippen LogP contribution in [0.3, 0.4) is 0 Å². The van der Waals surface area contributed by atoms with Crippen LogP contribution < -0.4 is 0 Å². The van der Waals surface area contributed by atoms with Crippen molar-refractivity contribution in [3.8, 4) is 0 Å². The van der Waals surface area contributed by atoms with Gasteiger partial charge >= 0.3 is 0 Å². The lowest BCUT2D eigenvalue weighted by atomic mass is 10.1. The van der Waals surface area contributed by atoms with Crippen LogP contribution in [0.4, 0.5) is 0 Å². The SMILES string of the molecule is Cc1cnc([C@@H]2CCN(C(=O)c3cnc(C4CC4)nc3)C2)[nH]1. The highest BCUT2D eigenvalue weighted by molar-refractivity contribution is 5.93. The van der Waals surface area contributed by atoms with Crippen molar-refractivity contribution in [2.45, 2.75) is 38.0 Å². The molecule has 4 rings (SSSR count). The van der Waals surface area contributed by atoms with E-state index in [1.54, 1.807) is 12.4 Å². The monoisotopic (exact) mass is 297 g/mol. The molecule has 1 saturated carbocycles. The number of aryl methyl sites for hydroxylation is 1. The van der Waals surface area contributed by atoms with E-state index in [1.165, 1.54) is 12.8 Å². The van der Waals surface area contributed by atoms with Gasteiger partial charge in [-0.1, -0.05) is 0 Å². The molecule has 6 heteroatoms. The highest BCUT2D eigenvalue weighted by Crippen LogP contribution is 2.37. The molecule has 1 saturated heterocycles. The first-order valence-corrected chi connectivity index (χ1v) is 7.83. The van der Waals surface area contributed by atoms with Crippen molar-refractivity contribution in [3.05, 3.63) is 41.5 Å². The maximum absolute atomic E-state index is 12.5. The first kappa shape index (κ1) is 13.4. The number of amides is 1. The molecule has 22 heavy (non-hydrogen) atoms. The van der Waals surface area contributed by atoms with Gasteiger partial charge in [-0.05, 0) is 26.2 Å². The fourth-order valence-corrected chi connectivity index (χ4v) is 2.99. The summed E-state index contributed by atoms with van der Waals surface area (Å²) < 4.78 is 0. The minimum absolute atomic E-state index is 0.0214. The van der Waals surface area contributed by atoms with E-state index in [1.807, 2.05) is 18.0 Å². The summed E-state index contributed by atoms with van der Waals surface area (Å²) in [6.07, 6.45) is 8.47.